The molecule has 0 unspecified atom stereocenters. The first kappa shape index (κ1) is 14.4. The van der Waals surface area contributed by atoms with Gasteiger partial charge in [0, 0.05) is 47.0 Å². The van der Waals surface area contributed by atoms with E-state index in [1.165, 1.54) is 12.1 Å². The highest BCUT2D eigenvalue weighted by Crippen LogP contribution is 2.30. The van der Waals surface area contributed by atoms with Gasteiger partial charge in [0.15, 0.2) is 11.6 Å². The average molecular weight is 316 g/mol. The summed E-state index contributed by atoms with van der Waals surface area (Å²) >= 11 is 0. The van der Waals surface area contributed by atoms with Crippen LogP contribution in [0.4, 0.5) is 8.78 Å². The summed E-state index contributed by atoms with van der Waals surface area (Å²) in [5.74, 6) is -1.04. The molecule has 0 atom stereocenters. The van der Waals surface area contributed by atoms with E-state index in [-0.39, 0.29) is 0 Å². The Hall–Kier alpha value is -2.21. The van der Waals surface area contributed by atoms with Gasteiger partial charge in [-0.3, -0.25) is 4.68 Å². The zero-order chi connectivity index (χ0) is 15.8. The molecule has 4 rings (SSSR count). The molecule has 4 nitrogen and oxygen atoms in total. The van der Waals surface area contributed by atoms with Crippen LogP contribution in [0.25, 0.3) is 22.0 Å². The second-order valence-corrected chi connectivity index (χ2v) is 6.16. The van der Waals surface area contributed by atoms with E-state index in [1.54, 1.807) is 12.4 Å². The Balaban J connectivity index is 1.62. The predicted molar refractivity (Wildman–Crippen MR) is 85.0 cm³/mol. The molecule has 1 saturated heterocycles. The van der Waals surface area contributed by atoms with E-state index in [9.17, 15) is 8.78 Å². The van der Waals surface area contributed by atoms with E-state index >= 15 is 0 Å². The number of halogens is 2. The lowest BCUT2D eigenvalue weighted by Crippen LogP contribution is -2.29. The molecule has 1 fully saturated rings. The Labute approximate surface area is 132 Å². The Morgan fingerprint density at radius 3 is 2.78 bits per heavy atom. The molecule has 2 N–H and O–H groups in total. The van der Waals surface area contributed by atoms with Crippen LogP contribution in [0.2, 0.25) is 0 Å². The van der Waals surface area contributed by atoms with Crippen molar-refractivity contribution in [2.45, 2.75) is 19.4 Å². The normalized spacial score (nSPS) is 16.3. The second-order valence-electron chi connectivity index (χ2n) is 6.16. The van der Waals surface area contributed by atoms with E-state index < -0.39 is 11.6 Å². The van der Waals surface area contributed by atoms with Gasteiger partial charge in [0.2, 0.25) is 0 Å². The van der Waals surface area contributed by atoms with Gasteiger partial charge in [-0.05, 0) is 37.9 Å². The zero-order valence-corrected chi connectivity index (χ0v) is 12.6. The van der Waals surface area contributed by atoms with Gasteiger partial charge in [0.05, 0.1) is 6.20 Å². The Morgan fingerprint density at radius 1 is 1.17 bits per heavy atom. The Bertz CT molecular complexity index is 830. The number of aromatic nitrogens is 3. The Kier molecular flexibility index (Phi) is 3.61. The molecule has 0 bridgehead atoms. The van der Waals surface area contributed by atoms with E-state index in [0.29, 0.717) is 16.8 Å². The summed E-state index contributed by atoms with van der Waals surface area (Å²) in [5.41, 5.74) is 2.34. The van der Waals surface area contributed by atoms with Crippen LogP contribution in [0, 0.1) is 17.6 Å². The first-order valence-electron chi connectivity index (χ1n) is 7.90. The zero-order valence-electron chi connectivity index (χ0n) is 12.6. The van der Waals surface area contributed by atoms with Crippen LogP contribution in [-0.2, 0) is 6.54 Å². The molecule has 0 aliphatic carbocycles. The van der Waals surface area contributed by atoms with Gasteiger partial charge < -0.3 is 10.3 Å². The fourth-order valence-electron chi connectivity index (χ4n) is 3.29. The highest BCUT2D eigenvalue weighted by Gasteiger charge is 2.16. The fraction of sp³-hybridized carbons (Fsp3) is 0.353. The maximum atomic E-state index is 13.5. The monoisotopic (exact) mass is 316 g/mol. The van der Waals surface area contributed by atoms with Crippen molar-refractivity contribution in [1.29, 1.82) is 0 Å². The summed E-state index contributed by atoms with van der Waals surface area (Å²) in [6.45, 7) is 3.02. The van der Waals surface area contributed by atoms with Gasteiger partial charge in [-0.15, -0.1) is 0 Å². The summed E-state index contributed by atoms with van der Waals surface area (Å²) in [6.07, 6.45) is 7.85. The summed E-state index contributed by atoms with van der Waals surface area (Å²) in [5, 5.41) is 8.46. The highest BCUT2D eigenvalue weighted by atomic mass is 19.2. The minimum absolute atomic E-state index is 0.588. The van der Waals surface area contributed by atoms with Gasteiger partial charge in [-0.25, -0.2) is 8.78 Å². The summed E-state index contributed by atoms with van der Waals surface area (Å²) in [6, 6.07) is 2.42. The van der Waals surface area contributed by atoms with Crippen molar-refractivity contribution in [3.63, 3.8) is 0 Å². The molecule has 1 aliphatic rings. The van der Waals surface area contributed by atoms with Gasteiger partial charge in [-0.2, -0.15) is 5.10 Å². The molecular formula is C17H18F2N4. The Morgan fingerprint density at radius 2 is 1.96 bits per heavy atom. The minimum Gasteiger partial charge on any atom is -0.360 e. The number of fused-ring (bicyclic) bond motifs is 1. The number of benzene rings is 1. The SMILES string of the molecule is Fc1cc2[nH]cc(-c3cnn(CC4CCNCC4)c3)c2cc1F. The van der Waals surface area contributed by atoms with Gasteiger partial charge in [0.25, 0.3) is 0 Å². The van der Waals surface area contributed by atoms with Gasteiger partial charge >= 0.3 is 0 Å². The van der Waals surface area contributed by atoms with Crippen molar-refractivity contribution in [2.75, 3.05) is 13.1 Å². The second kappa shape index (κ2) is 5.77. The van der Waals surface area contributed by atoms with Crippen LogP contribution in [0.3, 0.4) is 0 Å². The van der Waals surface area contributed by atoms with Crippen molar-refractivity contribution in [3.05, 3.63) is 42.4 Å². The van der Waals surface area contributed by atoms with Crippen molar-refractivity contribution in [1.82, 2.24) is 20.1 Å². The first-order valence-corrected chi connectivity index (χ1v) is 7.90. The molecule has 3 heterocycles. The quantitative estimate of drug-likeness (QED) is 0.779. The number of hydrogen-bond donors (Lipinski definition) is 2. The number of hydrogen-bond acceptors (Lipinski definition) is 2. The van der Waals surface area contributed by atoms with Crippen LogP contribution >= 0.6 is 0 Å². The summed E-state index contributed by atoms with van der Waals surface area (Å²) in [7, 11) is 0. The topological polar surface area (TPSA) is 45.6 Å². The molecule has 0 radical (unpaired) electrons. The molecule has 6 heteroatoms. The molecule has 3 aromatic rings. The molecule has 23 heavy (non-hydrogen) atoms. The average Bonchev–Trinajstić information content (AvgIpc) is 3.16. The van der Waals surface area contributed by atoms with Gasteiger partial charge in [0.1, 0.15) is 0 Å². The maximum absolute atomic E-state index is 13.5. The number of aromatic amines is 1. The van der Waals surface area contributed by atoms with Crippen LogP contribution in [0.15, 0.2) is 30.7 Å². The van der Waals surface area contributed by atoms with Crippen LogP contribution in [0.1, 0.15) is 12.8 Å². The van der Waals surface area contributed by atoms with Crippen LogP contribution in [-0.4, -0.2) is 27.9 Å². The maximum Gasteiger partial charge on any atom is 0.160 e. The third-order valence-corrected chi connectivity index (χ3v) is 4.57. The molecular weight excluding hydrogens is 298 g/mol. The number of piperidine rings is 1. The summed E-state index contributed by atoms with van der Waals surface area (Å²) in [4.78, 5) is 2.99. The van der Waals surface area contributed by atoms with Crippen LogP contribution in [0.5, 0.6) is 0 Å². The molecule has 1 aliphatic heterocycles. The minimum atomic E-state index is -0.840. The van der Waals surface area contributed by atoms with Crippen LogP contribution < -0.4 is 5.32 Å². The molecule has 0 saturated carbocycles. The third-order valence-electron chi connectivity index (χ3n) is 4.57. The van der Waals surface area contributed by atoms with Crippen molar-refractivity contribution in [3.8, 4) is 11.1 Å². The number of rotatable bonds is 3. The lowest BCUT2D eigenvalue weighted by Gasteiger charge is -2.22. The number of nitrogens with one attached hydrogen (secondary N) is 2. The smallest absolute Gasteiger partial charge is 0.160 e. The van der Waals surface area contributed by atoms with Crippen molar-refractivity contribution >= 4 is 10.9 Å². The van der Waals surface area contributed by atoms with Crippen molar-refractivity contribution < 1.29 is 8.78 Å². The lowest BCUT2D eigenvalue weighted by molar-refractivity contribution is 0.321. The third kappa shape index (κ3) is 2.74. The molecule has 2 aromatic heterocycles. The lowest BCUT2D eigenvalue weighted by atomic mass is 9.98. The van der Waals surface area contributed by atoms with E-state index in [1.807, 2.05) is 10.9 Å². The molecule has 0 spiro atoms. The molecule has 1 aromatic carbocycles. The molecule has 0 amide bonds. The largest absolute Gasteiger partial charge is 0.360 e. The van der Waals surface area contributed by atoms with E-state index in [4.69, 9.17) is 0 Å². The highest BCUT2D eigenvalue weighted by molar-refractivity contribution is 5.95. The van der Waals surface area contributed by atoms with Gasteiger partial charge in [-0.1, -0.05) is 0 Å². The number of H-pyrrole nitrogens is 1. The molecule has 120 valence electrons. The number of nitrogens with zero attached hydrogens (tertiary/aromatic N) is 2. The van der Waals surface area contributed by atoms with E-state index in [2.05, 4.69) is 15.4 Å². The van der Waals surface area contributed by atoms with Crippen molar-refractivity contribution in [2.24, 2.45) is 5.92 Å². The summed E-state index contributed by atoms with van der Waals surface area (Å²) < 4.78 is 28.8. The predicted octanol–water partition coefficient (Wildman–Crippen LogP) is 3.31. The first-order chi connectivity index (χ1) is 11.2. The standard InChI is InChI=1S/C17H18F2N4/c18-15-5-13-14(8-21-17(13)6-16(15)19)12-7-22-23(10-12)9-11-1-3-20-4-2-11/h5-8,10-11,20-21H,1-4,9H2. The fourth-order valence-corrected chi connectivity index (χ4v) is 3.29. The van der Waals surface area contributed by atoms with E-state index in [0.717, 1.165) is 43.6 Å².